The molecule has 0 aliphatic carbocycles. The Morgan fingerprint density at radius 1 is 1.25 bits per heavy atom. The van der Waals surface area contributed by atoms with Crippen molar-refractivity contribution in [3.63, 3.8) is 0 Å². The van der Waals surface area contributed by atoms with Gasteiger partial charge in [-0.2, -0.15) is 0 Å². The van der Waals surface area contributed by atoms with E-state index in [1.807, 2.05) is 0 Å². The van der Waals surface area contributed by atoms with Gasteiger partial charge >= 0.3 is 0 Å². The van der Waals surface area contributed by atoms with Crippen molar-refractivity contribution >= 4 is 0 Å². The molecule has 1 rings (SSSR count). The van der Waals surface area contributed by atoms with Crippen LogP contribution in [0.15, 0.2) is 0 Å². The Morgan fingerprint density at radius 3 is 2.69 bits per heavy atom. The van der Waals surface area contributed by atoms with E-state index in [1.165, 1.54) is 38.9 Å². The Labute approximate surface area is 101 Å². The van der Waals surface area contributed by atoms with E-state index >= 15 is 0 Å². The molecule has 1 aliphatic rings. The molecular weight excluding hydrogens is 200 g/mol. The zero-order chi connectivity index (χ0) is 11.6. The first-order valence-corrected chi connectivity index (χ1v) is 6.83. The molecule has 0 bridgehead atoms. The fourth-order valence-electron chi connectivity index (χ4n) is 1.90. The van der Waals surface area contributed by atoms with Gasteiger partial charge in [-0.25, -0.2) is 0 Å². The van der Waals surface area contributed by atoms with Gasteiger partial charge in [0.15, 0.2) is 0 Å². The molecule has 96 valence electrons. The average Bonchev–Trinajstić information content (AvgIpc) is 2.34. The minimum Gasteiger partial charge on any atom is -0.379 e. The maximum Gasteiger partial charge on any atom is 0.0594 e. The second-order valence-corrected chi connectivity index (χ2v) is 4.88. The number of hydrogen-bond acceptors (Lipinski definition) is 3. The summed E-state index contributed by atoms with van der Waals surface area (Å²) in [7, 11) is 0. The monoisotopic (exact) mass is 228 g/mol. The Morgan fingerprint density at radius 2 is 2.00 bits per heavy atom. The topological polar surface area (TPSA) is 24.5 Å². The lowest BCUT2D eigenvalue weighted by Gasteiger charge is -2.26. The minimum absolute atomic E-state index is 0.819. The first-order chi connectivity index (χ1) is 7.83. The van der Waals surface area contributed by atoms with E-state index in [0.29, 0.717) is 0 Å². The molecule has 0 spiro atoms. The first-order valence-electron chi connectivity index (χ1n) is 6.83. The maximum atomic E-state index is 5.33. The summed E-state index contributed by atoms with van der Waals surface area (Å²) in [6.07, 6.45) is 3.89. The predicted molar refractivity (Wildman–Crippen MR) is 68.8 cm³/mol. The summed E-state index contributed by atoms with van der Waals surface area (Å²) in [5.74, 6) is 0.819. The molecule has 1 heterocycles. The fourth-order valence-corrected chi connectivity index (χ4v) is 1.90. The van der Waals surface area contributed by atoms with Crippen LogP contribution >= 0.6 is 0 Å². The predicted octanol–water partition coefficient (Wildman–Crippen LogP) is 1.73. The van der Waals surface area contributed by atoms with E-state index in [9.17, 15) is 0 Å². The number of morpholine rings is 1. The smallest absolute Gasteiger partial charge is 0.0594 e. The lowest BCUT2D eigenvalue weighted by atomic mass is 10.1. The zero-order valence-electron chi connectivity index (χ0n) is 11.0. The number of hydrogen-bond donors (Lipinski definition) is 1. The van der Waals surface area contributed by atoms with E-state index in [1.54, 1.807) is 0 Å². The third-order valence-electron chi connectivity index (χ3n) is 3.37. The van der Waals surface area contributed by atoms with Gasteiger partial charge in [-0.1, -0.05) is 20.3 Å². The largest absolute Gasteiger partial charge is 0.379 e. The molecule has 0 aromatic heterocycles. The van der Waals surface area contributed by atoms with Crippen LogP contribution in [0.5, 0.6) is 0 Å². The summed E-state index contributed by atoms with van der Waals surface area (Å²) in [6.45, 7) is 12.3. The SMILES string of the molecule is CCC(C)CNCCCCN1CCOCC1. The normalized spacial score (nSPS) is 19.9. The second kappa shape index (κ2) is 8.97. The van der Waals surface area contributed by atoms with Crippen LogP contribution in [-0.4, -0.2) is 50.8 Å². The van der Waals surface area contributed by atoms with Crippen LogP contribution in [0.25, 0.3) is 0 Å². The summed E-state index contributed by atoms with van der Waals surface area (Å²) in [5.41, 5.74) is 0. The van der Waals surface area contributed by atoms with E-state index in [4.69, 9.17) is 4.74 Å². The molecule has 1 unspecified atom stereocenters. The second-order valence-electron chi connectivity index (χ2n) is 4.88. The van der Waals surface area contributed by atoms with Crippen LogP contribution in [0.4, 0.5) is 0 Å². The summed E-state index contributed by atoms with van der Waals surface area (Å²) in [4.78, 5) is 2.51. The van der Waals surface area contributed by atoms with Gasteiger partial charge in [0.25, 0.3) is 0 Å². The van der Waals surface area contributed by atoms with Gasteiger partial charge in [0.05, 0.1) is 13.2 Å². The third-order valence-corrected chi connectivity index (χ3v) is 3.37. The van der Waals surface area contributed by atoms with Gasteiger partial charge in [0, 0.05) is 13.1 Å². The van der Waals surface area contributed by atoms with Crippen LogP contribution in [0.3, 0.4) is 0 Å². The van der Waals surface area contributed by atoms with Crippen molar-refractivity contribution in [2.24, 2.45) is 5.92 Å². The maximum absolute atomic E-state index is 5.33. The van der Waals surface area contributed by atoms with Gasteiger partial charge in [0.1, 0.15) is 0 Å². The average molecular weight is 228 g/mol. The number of unbranched alkanes of at least 4 members (excludes halogenated alkanes) is 1. The van der Waals surface area contributed by atoms with Crippen molar-refractivity contribution in [3.05, 3.63) is 0 Å². The van der Waals surface area contributed by atoms with Gasteiger partial charge in [-0.3, -0.25) is 4.90 Å². The van der Waals surface area contributed by atoms with Crippen molar-refractivity contribution < 1.29 is 4.74 Å². The van der Waals surface area contributed by atoms with E-state index < -0.39 is 0 Å². The Balaban J connectivity index is 1.84. The minimum atomic E-state index is 0.819. The highest BCUT2D eigenvalue weighted by atomic mass is 16.5. The summed E-state index contributed by atoms with van der Waals surface area (Å²) in [6, 6.07) is 0. The fraction of sp³-hybridized carbons (Fsp3) is 1.00. The molecule has 1 N–H and O–H groups in total. The first kappa shape index (κ1) is 13.9. The van der Waals surface area contributed by atoms with Gasteiger partial charge in [0.2, 0.25) is 0 Å². The number of nitrogens with zero attached hydrogens (tertiary/aromatic N) is 1. The van der Waals surface area contributed by atoms with Crippen LogP contribution in [-0.2, 0) is 4.74 Å². The molecule has 0 aromatic rings. The van der Waals surface area contributed by atoms with Gasteiger partial charge in [-0.05, 0) is 38.4 Å². The quantitative estimate of drug-likeness (QED) is 0.640. The van der Waals surface area contributed by atoms with Gasteiger partial charge in [-0.15, -0.1) is 0 Å². The lowest BCUT2D eigenvalue weighted by molar-refractivity contribution is 0.0372. The summed E-state index contributed by atoms with van der Waals surface area (Å²) in [5, 5.41) is 3.53. The van der Waals surface area contributed by atoms with Crippen molar-refractivity contribution in [2.45, 2.75) is 33.1 Å². The molecule has 1 atom stereocenters. The molecule has 16 heavy (non-hydrogen) atoms. The standard InChI is InChI=1S/C13H28N2O/c1-3-13(2)12-14-6-4-5-7-15-8-10-16-11-9-15/h13-14H,3-12H2,1-2H3. The molecule has 0 radical (unpaired) electrons. The molecule has 1 saturated heterocycles. The molecule has 0 aromatic carbocycles. The summed E-state index contributed by atoms with van der Waals surface area (Å²) < 4.78 is 5.33. The zero-order valence-corrected chi connectivity index (χ0v) is 11.0. The van der Waals surface area contributed by atoms with Crippen LogP contribution in [0.2, 0.25) is 0 Å². The van der Waals surface area contributed by atoms with Crippen LogP contribution in [0, 0.1) is 5.92 Å². The molecule has 0 amide bonds. The summed E-state index contributed by atoms with van der Waals surface area (Å²) >= 11 is 0. The molecule has 3 nitrogen and oxygen atoms in total. The van der Waals surface area contributed by atoms with E-state index in [0.717, 1.165) is 32.2 Å². The molecule has 3 heteroatoms. The molecular formula is C13H28N2O. The highest BCUT2D eigenvalue weighted by molar-refractivity contribution is 4.62. The van der Waals surface area contributed by atoms with Crippen molar-refractivity contribution in [2.75, 3.05) is 45.9 Å². The van der Waals surface area contributed by atoms with Crippen molar-refractivity contribution in [1.82, 2.24) is 10.2 Å². The van der Waals surface area contributed by atoms with Crippen LogP contribution < -0.4 is 5.32 Å². The van der Waals surface area contributed by atoms with Crippen molar-refractivity contribution in [3.8, 4) is 0 Å². The Kier molecular flexibility index (Phi) is 7.81. The van der Waals surface area contributed by atoms with Crippen molar-refractivity contribution in [1.29, 1.82) is 0 Å². The van der Waals surface area contributed by atoms with E-state index in [2.05, 4.69) is 24.1 Å². The van der Waals surface area contributed by atoms with E-state index in [-0.39, 0.29) is 0 Å². The number of nitrogens with one attached hydrogen (secondary N) is 1. The Bertz CT molecular complexity index is 158. The number of rotatable bonds is 8. The molecule has 0 saturated carbocycles. The number of ether oxygens (including phenoxy) is 1. The highest BCUT2D eigenvalue weighted by Crippen LogP contribution is 2.00. The van der Waals surface area contributed by atoms with Crippen LogP contribution in [0.1, 0.15) is 33.1 Å². The highest BCUT2D eigenvalue weighted by Gasteiger charge is 2.08. The Hall–Kier alpha value is -0.120. The third kappa shape index (κ3) is 6.46. The lowest BCUT2D eigenvalue weighted by Crippen LogP contribution is -2.37. The van der Waals surface area contributed by atoms with Gasteiger partial charge < -0.3 is 10.1 Å². The molecule has 1 aliphatic heterocycles. The molecule has 1 fully saturated rings.